The SMILES string of the molecule is CC(C)NC(=O)C(C)NC1CCc2cc(N)ccc21. The summed E-state index contributed by atoms with van der Waals surface area (Å²) >= 11 is 0. The van der Waals surface area contributed by atoms with E-state index in [1.165, 1.54) is 11.1 Å². The number of hydrogen-bond acceptors (Lipinski definition) is 3. The normalized spacial score (nSPS) is 19.3. The second-order valence-electron chi connectivity index (χ2n) is 5.60. The molecule has 0 heterocycles. The quantitative estimate of drug-likeness (QED) is 0.723. The summed E-state index contributed by atoms with van der Waals surface area (Å²) < 4.78 is 0. The van der Waals surface area contributed by atoms with Crippen LogP contribution in [0.2, 0.25) is 0 Å². The van der Waals surface area contributed by atoms with Crippen LogP contribution < -0.4 is 16.4 Å². The summed E-state index contributed by atoms with van der Waals surface area (Å²) in [4.78, 5) is 11.9. The number of fused-ring (bicyclic) bond motifs is 1. The molecule has 0 saturated carbocycles. The van der Waals surface area contributed by atoms with Crippen LogP contribution in [-0.2, 0) is 11.2 Å². The molecule has 1 aliphatic carbocycles. The third-order valence-corrected chi connectivity index (χ3v) is 3.52. The van der Waals surface area contributed by atoms with Crippen LogP contribution in [0.25, 0.3) is 0 Å². The molecule has 104 valence electrons. The summed E-state index contributed by atoms with van der Waals surface area (Å²) in [7, 11) is 0. The highest BCUT2D eigenvalue weighted by Crippen LogP contribution is 2.32. The predicted molar refractivity (Wildman–Crippen MR) is 77.8 cm³/mol. The highest BCUT2D eigenvalue weighted by Gasteiger charge is 2.25. The van der Waals surface area contributed by atoms with Crippen LogP contribution in [0, 0.1) is 0 Å². The van der Waals surface area contributed by atoms with E-state index in [1.54, 1.807) is 0 Å². The maximum Gasteiger partial charge on any atom is 0.237 e. The van der Waals surface area contributed by atoms with Gasteiger partial charge in [0.05, 0.1) is 6.04 Å². The molecule has 1 aromatic rings. The minimum absolute atomic E-state index is 0.0545. The maximum atomic E-state index is 11.9. The number of anilines is 1. The van der Waals surface area contributed by atoms with Crippen LogP contribution in [0.3, 0.4) is 0 Å². The van der Waals surface area contributed by atoms with E-state index in [1.807, 2.05) is 32.9 Å². The Bertz CT molecular complexity index is 470. The number of hydrogen-bond donors (Lipinski definition) is 3. The first-order valence-corrected chi connectivity index (χ1v) is 6.92. The molecule has 1 aliphatic rings. The Hall–Kier alpha value is -1.55. The number of aryl methyl sites for hydroxylation is 1. The van der Waals surface area contributed by atoms with Gasteiger partial charge in [0.2, 0.25) is 5.91 Å². The van der Waals surface area contributed by atoms with Crippen LogP contribution in [-0.4, -0.2) is 18.0 Å². The zero-order valence-corrected chi connectivity index (χ0v) is 11.9. The van der Waals surface area contributed by atoms with Gasteiger partial charge in [0.25, 0.3) is 0 Å². The van der Waals surface area contributed by atoms with Gasteiger partial charge in [-0.1, -0.05) is 6.07 Å². The lowest BCUT2D eigenvalue weighted by Gasteiger charge is -2.21. The van der Waals surface area contributed by atoms with Gasteiger partial charge in [0, 0.05) is 17.8 Å². The zero-order chi connectivity index (χ0) is 14.0. The van der Waals surface area contributed by atoms with Crippen LogP contribution in [0.1, 0.15) is 44.4 Å². The average molecular weight is 261 g/mol. The molecule has 4 nitrogen and oxygen atoms in total. The molecule has 4 N–H and O–H groups in total. The number of nitrogens with one attached hydrogen (secondary N) is 2. The molecule has 0 bridgehead atoms. The second-order valence-corrected chi connectivity index (χ2v) is 5.60. The fourth-order valence-electron chi connectivity index (χ4n) is 2.60. The lowest BCUT2D eigenvalue weighted by molar-refractivity contribution is -0.123. The third kappa shape index (κ3) is 3.26. The minimum Gasteiger partial charge on any atom is -0.399 e. The molecule has 1 amide bonds. The minimum atomic E-state index is -0.184. The van der Waals surface area contributed by atoms with Gasteiger partial charge in [-0.25, -0.2) is 0 Å². The van der Waals surface area contributed by atoms with Crippen molar-refractivity contribution in [3.63, 3.8) is 0 Å². The van der Waals surface area contributed by atoms with Gasteiger partial charge in [0.15, 0.2) is 0 Å². The van der Waals surface area contributed by atoms with Crippen molar-refractivity contribution in [2.24, 2.45) is 0 Å². The summed E-state index contributed by atoms with van der Waals surface area (Å²) in [5, 5.41) is 6.33. The van der Waals surface area contributed by atoms with Crippen molar-refractivity contribution in [3.8, 4) is 0 Å². The van der Waals surface area contributed by atoms with Crippen LogP contribution in [0.5, 0.6) is 0 Å². The van der Waals surface area contributed by atoms with Crippen molar-refractivity contribution >= 4 is 11.6 Å². The summed E-state index contributed by atoms with van der Waals surface area (Å²) in [5.74, 6) is 0.0545. The van der Waals surface area contributed by atoms with Gasteiger partial charge in [-0.3, -0.25) is 10.1 Å². The molecule has 4 heteroatoms. The standard InChI is InChI=1S/C15H23N3O/c1-9(2)17-15(19)10(3)18-14-7-4-11-8-12(16)5-6-13(11)14/h5-6,8-10,14,18H,4,7,16H2,1-3H3,(H,17,19). The van der Waals surface area contributed by atoms with Crippen LogP contribution >= 0.6 is 0 Å². The van der Waals surface area contributed by atoms with Gasteiger partial charge in [-0.05, 0) is 56.9 Å². The molecular weight excluding hydrogens is 238 g/mol. The van der Waals surface area contributed by atoms with Crippen molar-refractivity contribution < 1.29 is 4.79 Å². The van der Waals surface area contributed by atoms with E-state index < -0.39 is 0 Å². The summed E-state index contributed by atoms with van der Waals surface area (Å²) in [5.41, 5.74) is 9.18. The Labute approximate surface area is 114 Å². The van der Waals surface area contributed by atoms with Gasteiger partial charge < -0.3 is 11.1 Å². The Balaban J connectivity index is 2.01. The van der Waals surface area contributed by atoms with E-state index in [2.05, 4.69) is 16.7 Å². The number of nitrogens with two attached hydrogens (primary N) is 1. The number of rotatable bonds is 4. The van der Waals surface area contributed by atoms with E-state index in [9.17, 15) is 4.79 Å². The van der Waals surface area contributed by atoms with E-state index in [-0.39, 0.29) is 24.0 Å². The Kier molecular flexibility index (Phi) is 4.10. The summed E-state index contributed by atoms with van der Waals surface area (Å²) in [6, 6.07) is 6.28. The molecule has 0 saturated heterocycles. The predicted octanol–water partition coefficient (Wildman–Crippen LogP) is 1.76. The van der Waals surface area contributed by atoms with Crippen LogP contribution in [0.4, 0.5) is 5.69 Å². The lowest BCUT2D eigenvalue weighted by atomic mass is 10.1. The molecule has 0 spiro atoms. The highest BCUT2D eigenvalue weighted by molar-refractivity contribution is 5.81. The Morgan fingerprint density at radius 1 is 1.37 bits per heavy atom. The Morgan fingerprint density at radius 3 is 2.79 bits per heavy atom. The van der Waals surface area contributed by atoms with Crippen molar-refractivity contribution in [2.45, 2.75) is 51.7 Å². The topological polar surface area (TPSA) is 67.2 Å². The zero-order valence-electron chi connectivity index (χ0n) is 11.9. The van der Waals surface area contributed by atoms with E-state index in [0.29, 0.717) is 0 Å². The average Bonchev–Trinajstić information content (AvgIpc) is 2.70. The first kappa shape index (κ1) is 13.9. The van der Waals surface area contributed by atoms with Crippen molar-refractivity contribution in [1.82, 2.24) is 10.6 Å². The lowest BCUT2D eigenvalue weighted by Crippen LogP contribution is -2.45. The Morgan fingerprint density at radius 2 is 2.11 bits per heavy atom. The third-order valence-electron chi connectivity index (χ3n) is 3.52. The van der Waals surface area contributed by atoms with Gasteiger partial charge in [-0.15, -0.1) is 0 Å². The molecule has 2 unspecified atom stereocenters. The van der Waals surface area contributed by atoms with Gasteiger partial charge in [-0.2, -0.15) is 0 Å². The smallest absolute Gasteiger partial charge is 0.237 e. The number of benzene rings is 1. The molecule has 0 aromatic heterocycles. The van der Waals surface area contributed by atoms with Crippen molar-refractivity contribution in [3.05, 3.63) is 29.3 Å². The number of amides is 1. The van der Waals surface area contributed by atoms with E-state index in [4.69, 9.17) is 5.73 Å². The molecule has 2 rings (SSSR count). The van der Waals surface area contributed by atoms with Crippen LogP contribution in [0.15, 0.2) is 18.2 Å². The first-order valence-electron chi connectivity index (χ1n) is 6.92. The number of nitrogen functional groups attached to an aromatic ring is 1. The van der Waals surface area contributed by atoms with E-state index in [0.717, 1.165) is 18.5 Å². The second kappa shape index (κ2) is 5.61. The van der Waals surface area contributed by atoms with Gasteiger partial charge >= 0.3 is 0 Å². The monoisotopic (exact) mass is 261 g/mol. The van der Waals surface area contributed by atoms with Crippen molar-refractivity contribution in [1.29, 1.82) is 0 Å². The fraction of sp³-hybridized carbons (Fsp3) is 0.533. The van der Waals surface area contributed by atoms with E-state index >= 15 is 0 Å². The highest BCUT2D eigenvalue weighted by atomic mass is 16.2. The number of carbonyl (C=O) groups is 1. The van der Waals surface area contributed by atoms with Gasteiger partial charge in [0.1, 0.15) is 0 Å². The molecular formula is C15H23N3O. The molecule has 0 aliphatic heterocycles. The molecule has 0 fully saturated rings. The molecule has 2 atom stereocenters. The molecule has 0 radical (unpaired) electrons. The fourth-order valence-corrected chi connectivity index (χ4v) is 2.60. The largest absolute Gasteiger partial charge is 0.399 e. The summed E-state index contributed by atoms with van der Waals surface area (Å²) in [6.07, 6.45) is 2.05. The number of carbonyl (C=O) groups excluding carboxylic acids is 1. The maximum absolute atomic E-state index is 11.9. The van der Waals surface area contributed by atoms with Crippen molar-refractivity contribution in [2.75, 3.05) is 5.73 Å². The molecule has 19 heavy (non-hydrogen) atoms. The molecule has 1 aromatic carbocycles. The first-order chi connectivity index (χ1) is 8.97. The summed E-state index contributed by atoms with van der Waals surface area (Å²) in [6.45, 7) is 5.85.